The van der Waals surface area contributed by atoms with E-state index in [2.05, 4.69) is 5.32 Å². The monoisotopic (exact) mass is 796 g/mol. The number of carbonyl (C=O) groups excluding carboxylic acids is 3. The lowest BCUT2D eigenvalue weighted by Gasteiger charge is -2.38. The fraction of sp³-hybridized carbons (Fsp3) is 0.558. The second kappa shape index (κ2) is 18.3. The Hall–Kier alpha value is -4.63. The maximum Gasteiger partial charge on any atom is 0.312 e. The third-order valence-electron chi connectivity index (χ3n) is 11.6. The van der Waals surface area contributed by atoms with Crippen LogP contribution in [0.3, 0.4) is 0 Å². The Labute approximate surface area is 335 Å². The molecule has 14 heteroatoms. The summed E-state index contributed by atoms with van der Waals surface area (Å²) < 4.78 is 29.6. The zero-order chi connectivity index (χ0) is 42.7. The first-order valence-electron chi connectivity index (χ1n) is 19.4. The van der Waals surface area contributed by atoms with Gasteiger partial charge in [-0.25, -0.2) is 0 Å². The molecule has 314 valence electrons. The summed E-state index contributed by atoms with van der Waals surface area (Å²) in [5, 5.41) is 49.9. The van der Waals surface area contributed by atoms with Crippen LogP contribution in [0.15, 0.2) is 36.1 Å². The molecule has 0 aromatic heterocycles. The molecule has 0 aliphatic carbocycles. The smallest absolute Gasteiger partial charge is 0.312 e. The van der Waals surface area contributed by atoms with E-state index in [1.165, 1.54) is 40.4 Å². The Morgan fingerprint density at radius 2 is 1.60 bits per heavy atom. The predicted octanol–water partition coefficient (Wildman–Crippen LogP) is 5.90. The quantitative estimate of drug-likeness (QED) is 0.127. The number of fused-ring (bicyclic) bond motifs is 14. The number of allylic oxidation sites excluding steroid dienone is 2. The first-order valence-corrected chi connectivity index (χ1v) is 19.4. The molecule has 3 aliphatic rings. The van der Waals surface area contributed by atoms with Crippen LogP contribution in [-0.4, -0.2) is 100 Å². The molecule has 5 N–H and O–H groups in total. The molecule has 1 amide bonds. The van der Waals surface area contributed by atoms with E-state index in [0.717, 1.165) is 0 Å². The lowest BCUT2D eigenvalue weighted by atomic mass is 9.78. The van der Waals surface area contributed by atoms with Crippen molar-refractivity contribution in [3.05, 3.63) is 52.8 Å². The summed E-state index contributed by atoms with van der Waals surface area (Å²) in [6.07, 6.45) is 3.89. The number of hydrogen-bond donors (Lipinski definition) is 5. The zero-order valence-corrected chi connectivity index (χ0v) is 35.1. The molecule has 57 heavy (non-hydrogen) atoms. The number of amides is 1. The number of ether oxygens (including phenoxy) is 5. The number of Topliss-reactive ketones (excluding diaryl/α,β-unsaturated/α-hetero) is 1. The highest BCUT2D eigenvalue weighted by molar-refractivity contribution is 6.22. The van der Waals surface area contributed by atoms with Gasteiger partial charge in [0.1, 0.15) is 23.4 Å². The zero-order valence-electron chi connectivity index (χ0n) is 35.1. The van der Waals surface area contributed by atoms with Crippen molar-refractivity contribution in [2.75, 3.05) is 32.6 Å². The number of esters is 1. The largest absolute Gasteiger partial charge is 0.507 e. The number of aromatic hydroxyl groups is 2. The van der Waals surface area contributed by atoms with Crippen LogP contribution in [0, 0.1) is 30.6 Å². The number of nitrogens with zero attached hydrogens (tertiary/aromatic N) is 1. The van der Waals surface area contributed by atoms with Gasteiger partial charge >= 0.3 is 11.8 Å². The normalized spacial score (nSPS) is 30.7. The maximum atomic E-state index is 14.5. The summed E-state index contributed by atoms with van der Waals surface area (Å²) in [4.78, 5) is 42.6. The van der Waals surface area contributed by atoms with Crippen molar-refractivity contribution in [1.29, 1.82) is 0 Å². The number of phenols is 2. The van der Waals surface area contributed by atoms with Crippen molar-refractivity contribution in [2.45, 2.75) is 106 Å². The van der Waals surface area contributed by atoms with E-state index in [0.29, 0.717) is 18.7 Å². The summed E-state index contributed by atoms with van der Waals surface area (Å²) in [5.41, 5.74) is 0.653. The molecule has 9 atom stereocenters. The molecular formula is C43H60N2O12. The minimum Gasteiger partial charge on any atom is -0.507 e. The van der Waals surface area contributed by atoms with Gasteiger partial charge in [-0.1, -0.05) is 59.8 Å². The number of phenolic OH excluding ortho intramolecular Hbond substituents is 2. The lowest BCUT2D eigenvalue weighted by molar-refractivity contribution is -0.160. The van der Waals surface area contributed by atoms with Crippen LogP contribution in [0.1, 0.15) is 83.8 Å². The number of rotatable bonds is 7. The molecule has 9 unspecified atom stereocenters. The van der Waals surface area contributed by atoms with E-state index < -0.39 is 77.3 Å². The number of methoxy groups -OCH3 is 2. The summed E-state index contributed by atoms with van der Waals surface area (Å²) in [6, 6.07) is 0. The Morgan fingerprint density at radius 1 is 0.947 bits per heavy atom. The fourth-order valence-electron chi connectivity index (χ4n) is 7.85. The van der Waals surface area contributed by atoms with Crippen molar-refractivity contribution in [3.8, 4) is 23.0 Å². The van der Waals surface area contributed by atoms with Gasteiger partial charge in [0.15, 0.2) is 5.75 Å². The number of aliphatic hydroxyl groups excluding tert-OH is 2. The van der Waals surface area contributed by atoms with Gasteiger partial charge in [0.25, 0.3) is 11.7 Å². The Balaban J connectivity index is 2.00. The molecule has 0 fully saturated rings. The maximum absolute atomic E-state index is 14.5. The number of hydrogen-bond acceptors (Lipinski definition) is 13. The second-order valence-corrected chi connectivity index (χ2v) is 15.3. The molecule has 0 saturated carbocycles. The van der Waals surface area contributed by atoms with Crippen LogP contribution in [-0.2, 0) is 30.3 Å². The van der Waals surface area contributed by atoms with Gasteiger partial charge in [-0.05, 0) is 33.0 Å². The molecule has 3 heterocycles. The summed E-state index contributed by atoms with van der Waals surface area (Å²) in [6.45, 7) is 18.0. The molecule has 5 bridgehead atoms. The van der Waals surface area contributed by atoms with Gasteiger partial charge in [0, 0.05) is 73.3 Å². The number of aliphatic hydroxyl groups is 2. The highest BCUT2D eigenvalue weighted by atomic mass is 16.7. The van der Waals surface area contributed by atoms with Crippen molar-refractivity contribution in [3.63, 3.8) is 0 Å². The van der Waals surface area contributed by atoms with Gasteiger partial charge in [-0.3, -0.25) is 19.3 Å². The average Bonchev–Trinajstić information content (AvgIpc) is 3.44. The highest BCUT2D eigenvalue weighted by Crippen LogP contribution is 2.55. The molecule has 0 spiro atoms. The molecule has 3 aliphatic heterocycles. The van der Waals surface area contributed by atoms with Gasteiger partial charge in [0.2, 0.25) is 0 Å². The van der Waals surface area contributed by atoms with Crippen molar-refractivity contribution >= 4 is 34.1 Å². The summed E-state index contributed by atoms with van der Waals surface area (Å²) in [7, 11) is 2.84. The topological polar surface area (TPSA) is 194 Å². The number of nitrogens with one attached hydrogen (secondary N) is 1. The Bertz CT molecular complexity index is 1930. The third-order valence-corrected chi connectivity index (χ3v) is 11.6. The number of benzene rings is 2. The second-order valence-electron chi connectivity index (χ2n) is 15.3. The molecule has 2 aromatic carbocycles. The van der Waals surface area contributed by atoms with Gasteiger partial charge in [0.05, 0.1) is 48.3 Å². The van der Waals surface area contributed by atoms with Crippen LogP contribution in [0.4, 0.5) is 5.69 Å². The van der Waals surface area contributed by atoms with E-state index >= 15 is 0 Å². The van der Waals surface area contributed by atoms with E-state index in [4.69, 9.17) is 23.7 Å². The number of anilines is 1. The van der Waals surface area contributed by atoms with Crippen LogP contribution in [0.2, 0.25) is 0 Å². The fourth-order valence-corrected chi connectivity index (χ4v) is 7.85. The van der Waals surface area contributed by atoms with Gasteiger partial charge in [-0.15, -0.1) is 0 Å². The predicted molar refractivity (Wildman–Crippen MR) is 215 cm³/mol. The highest BCUT2D eigenvalue weighted by Gasteiger charge is 2.50. The van der Waals surface area contributed by atoms with Gasteiger partial charge in [-0.2, -0.15) is 0 Å². The molecule has 5 rings (SSSR count). The van der Waals surface area contributed by atoms with Crippen LogP contribution in [0.25, 0.3) is 10.8 Å². The Kier molecular flexibility index (Phi) is 14.5. The van der Waals surface area contributed by atoms with Crippen LogP contribution in [0.5, 0.6) is 23.0 Å². The minimum absolute atomic E-state index is 0.00408. The van der Waals surface area contributed by atoms with E-state index in [1.54, 1.807) is 59.8 Å². The van der Waals surface area contributed by atoms with Gasteiger partial charge < -0.3 is 49.4 Å². The summed E-state index contributed by atoms with van der Waals surface area (Å²) >= 11 is 0. The first kappa shape index (κ1) is 45.1. The van der Waals surface area contributed by atoms with E-state index in [1.807, 2.05) is 18.7 Å². The number of ketones is 1. The first-order chi connectivity index (χ1) is 26.8. The van der Waals surface area contributed by atoms with E-state index in [-0.39, 0.29) is 57.0 Å². The van der Waals surface area contributed by atoms with Crippen LogP contribution >= 0.6 is 0 Å². The Morgan fingerprint density at radius 3 is 2.18 bits per heavy atom. The van der Waals surface area contributed by atoms with Crippen molar-refractivity contribution in [2.24, 2.45) is 23.7 Å². The molecule has 0 saturated heterocycles. The molecule has 2 aromatic rings. The van der Waals surface area contributed by atoms with E-state index in [9.17, 15) is 34.8 Å². The average molecular weight is 797 g/mol. The van der Waals surface area contributed by atoms with Crippen molar-refractivity contribution in [1.82, 2.24) is 4.90 Å². The summed E-state index contributed by atoms with van der Waals surface area (Å²) in [5.74, 6) is -6.72. The van der Waals surface area contributed by atoms with Crippen molar-refractivity contribution < 1.29 is 58.5 Å². The molecule has 0 radical (unpaired) electrons. The standard InChI is InChI=1S/C43H60N2O12/c1-13-45(14-2)20-28-33-37(50)31-30(36(28)49)32-40(26(8)39(31)54-12)57-43(10,41(32)51)55-19-18-29(53-11)23(5)38(56-27(9)46)25(7)35(48)24(6)34(47)21(3)16-15-17-22(4)42(52)44-33/h15-19,21,23-25,29,34-35,38,47-50H,13-14,20H2,1-12H3,(H,44,52)/b16-15+,19-18+,22-17+. The number of carbonyl (C=O) groups is 3. The molecular weight excluding hydrogens is 736 g/mol. The molecule has 14 nitrogen and oxygen atoms in total. The lowest BCUT2D eigenvalue weighted by Crippen LogP contribution is -2.46. The third kappa shape index (κ3) is 8.79. The minimum atomic E-state index is -1.96. The van der Waals surface area contributed by atoms with Crippen LogP contribution < -0.4 is 14.8 Å². The SMILES string of the molecule is CCN(CC)Cc1c2c(O)c3c(OC)c(C)c4c(c3c1O)C(=O)C(C)(O/C=C/C(OC)C(C)C(OC(C)=O)C(C)C(O)C(C)C(O)C(C)/C=C/C=C(\C)C(=O)N2)O4.